The number of hydrogen-bond acceptors (Lipinski definition) is 4. The largest absolute Gasteiger partial charge is 0.399 e. The van der Waals surface area contributed by atoms with Crippen molar-refractivity contribution in [1.82, 2.24) is 9.97 Å². The molecule has 0 radical (unpaired) electrons. The summed E-state index contributed by atoms with van der Waals surface area (Å²) >= 11 is 0. The van der Waals surface area contributed by atoms with Crippen LogP contribution in [0.2, 0.25) is 0 Å². The molecule has 0 aliphatic heterocycles. The molecule has 2 heterocycles. The molecule has 0 saturated heterocycles. The van der Waals surface area contributed by atoms with Crippen LogP contribution in [-0.4, -0.2) is 25.4 Å². The molecule has 0 atom stereocenters. The van der Waals surface area contributed by atoms with E-state index in [-0.39, 0.29) is 4.90 Å². The summed E-state index contributed by atoms with van der Waals surface area (Å²) in [6.45, 7) is 0. The van der Waals surface area contributed by atoms with Crippen molar-refractivity contribution < 1.29 is 8.42 Å². The van der Waals surface area contributed by atoms with Crippen LogP contribution in [0, 0.1) is 0 Å². The second-order valence-corrected chi connectivity index (χ2v) is 6.58. The number of fused-ring (bicyclic) bond motifs is 1. The zero-order chi connectivity index (χ0) is 15.0. The lowest BCUT2D eigenvalue weighted by Crippen LogP contribution is -2.26. The number of aromatic nitrogens is 2. The van der Waals surface area contributed by atoms with Crippen LogP contribution in [-0.2, 0) is 10.0 Å². The quantitative estimate of drug-likeness (QED) is 0.723. The van der Waals surface area contributed by atoms with E-state index < -0.39 is 10.0 Å². The maximum absolute atomic E-state index is 12.8. The van der Waals surface area contributed by atoms with Gasteiger partial charge in [-0.05, 0) is 30.3 Å². The highest BCUT2D eigenvalue weighted by molar-refractivity contribution is 7.93. The molecule has 0 aliphatic carbocycles. The number of nitrogens with two attached hydrogens (primary N) is 1. The van der Waals surface area contributed by atoms with Gasteiger partial charge in [0.1, 0.15) is 4.90 Å². The van der Waals surface area contributed by atoms with Crippen molar-refractivity contribution in [3.63, 3.8) is 0 Å². The smallest absolute Gasteiger partial charge is 0.266 e. The van der Waals surface area contributed by atoms with Crippen molar-refractivity contribution in [3.05, 3.63) is 48.9 Å². The van der Waals surface area contributed by atoms with Crippen LogP contribution < -0.4 is 10.0 Å². The molecule has 0 spiro atoms. The number of nitrogens with one attached hydrogen (secondary N) is 1. The SMILES string of the molecule is CN(c1cccnc1)S(=O)(=O)c1c[nH]c2ccc(N)cc12. The lowest BCUT2D eigenvalue weighted by molar-refractivity contribution is 0.595. The van der Waals surface area contributed by atoms with E-state index in [4.69, 9.17) is 5.73 Å². The molecule has 108 valence electrons. The van der Waals surface area contributed by atoms with Crippen molar-refractivity contribution in [2.24, 2.45) is 0 Å². The molecule has 6 nitrogen and oxygen atoms in total. The van der Waals surface area contributed by atoms with Gasteiger partial charge < -0.3 is 10.7 Å². The summed E-state index contributed by atoms with van der Waals surface area (Å²) in [6.07, 6.45) is 4.57. The number of hydrogen-bond donors (Lipinski definition) is 2. The van der Waals surface area contributed by atoms with E-state index in [9.17, 15) is 8.42 Å². The molecule has 1 aromatic carbocycles. The molecular formula is C14H14N4O2S. The average Bonchev–Trinajstić information content (AvgIpc) is 2.91. The zero-order valence-corrected chi connectivity index (χ0v) is 12.1. The molecule has 3 rings (SSSR count). The molecule has 3 aromatic rings. The molecule has 0 aliphatic rings. The first-order valence-corrected chi connectivity index (χ1v) is 7.70. The normalized spacial score (nSPS) is 11.7. The van der Waals surface area contributed by atoms with Gasteiger partial charge in [-0.1, -0.05) is 0 Å². The van der Waals surface area contributed by atoms with Gasteiger partial charge in [0.15, 0.2) is 0 Å². The summed E-state index contributed by atoms with van der Waals surface area (Å²) < 4.78 is 26.7. The Balaban J connectivity index is 2.15. The van der Waals surface area contributed by atoms with Gasteiger partial charge in [-0.15, -0.1) is 0 Å². The van der Waals surface area contributed by atoms with Crippen LogP contribution in [0.4, 0.5) is 11.4 Å². The highest BCUT2D eigenvalue weighted by atomic mass is 32.2. The summed E-state index contributed by atoms with van der Waals surface area (Å²) in [5.74, 6) is 0. The minimum Gasteiger partial charge on any atom is -0.399 e. The first-order chi connectivity index (χ1) is 10.00. The second-order valence-electron chi connectivity index (χ2n) is 4.64. The fourth-order valence-corrected chi connectivity index (χ4v) is 3.49. The van der Waals surface area contributed by atoms with Gasteiger partial charge >= 0.3 is 0 Å². The van der Waals surface area contributed by atoms with E-state index in [0.717, 1.165) is 5.52 Å². The standard InChI is InChI=1S/C14H14N4O2S/c1-18(11-3-2-6-16-8-11)21(19,20)14-9-17-13-5-4-10(15)7-12(13)14/h2-9,17H,15H2,1H3. The van der Waals surface area contributed by atoms with Gasteiger partial charge in [0.05, 0.1) is 11.9 Å². The van der Waals surface area contributed by atoms with E-state index >= 15 is 0 Å². The summed E-state index contributed by atoms with van der Waals surface area (Å²) in [6, 6.07) is 8.51. The third-order valence-corrected chi connectivity index (χ3v) is 5.14. The Hall–Kier alpha value is -2.54. The maximum Gasteiger partial charge on any atom is 0.266 e. The van der Waals surface area contributed by atoms with Crippen LogP contribution in [0.25, 0.3) is 10.9 Å². The minimum atomic E-state index is -3.69. The van der Waals surface area contributed by atoms with E-state index in [2.05, 4.69) is 9.97 Å². The third kappa shape index (κ3) is 2.21. The first-order valence-electron chi connectivity index (χ1n) is 6.26. The van der Waals surface area contributed by atoms with Gasteiger partial charge in [-0.2, -0.15) is 0 Å². The Kier molecular flexibility index (Phi) is 3.06. The molecule has 0 saturated carbocycles. The van der Waals surface area contributed by atoms with Crippen LogP contribution in [0.5, 0.6) is 0 Å². The summed E-state index contributed by atoms with van der Waals surface area (Å²) in [7, 11) is -2.19. The molecule has 0 bridgehead atoms. The lowest BCUT2D eigenvalue weighted by atomic mass is 10.2. The van der Waals surface area contributed by atoms with Crippen molar-refractivity contribution in [3.8, 4) is 0 Å². The molecule has 2 aromatic heterocycles. The first kappa shape index (κ1) is 13.4. The predicted molar refractivity (Wildman–Crippen MR) is 82.5 cm³/mol. The summed E-state index contributed by atoms with van der Waals surface area (Å²) in [4.78, 5) is 7.08. The average molecular weight is 302 g/mol. The highest BCUT2D eigenvalue weighted by Gasteiger charge is 2.24. The van der Waals surface area contributed by atoms with Crippen LogP contribution >= 0.6 is 0 Å². The van der Waals surface area contributed by atoms with Gasteiger partial charge in [-0.25, -0.2) is 8.42 Å². The number of aromatic amines is 1. The summed E-state index contributed by atoms with van der Waals surface area (Å²) in [5, 5.41) is 0.575. The number of nitrogens with zero attached hydrogens (tertiary/aromatic N) is 2. The third-order valence-electron chi connectivity index (χ3n) is 3.32. The minimum absolute atomic E-state index is 0.191. The van der Waals surface area contributed by atoms with Gasteiger partial charge in [0, 0.05) is 36.0 Å². The van der Waals surface area contributed by atoms with E-state index in [0.29, 0.717) is 16.8 Å². The number of anilines is 2. The number of rotatable bonds is 3. The number of sulfonamides is 1. The number of H-pyrrole nitrogens is 1. The summed E-state index contributed by atoms with van der Waals surface area (Å²) in [5.41, 5.74) is 7.49. The molecule has 0 unspecified atom stereocenters. The predicted octanol–water partition coefficient (Wildman–Crippen LogP) is 1.97. The van der Waals surface area contributed by atoms with Gasteiger partial charge in [0.2, 0.25) is 0 Å². The van der Waals surface area contributed by atoms with Crippen LogP contribution in [0.15, 0.2) is 53.8 Å². The van der Waals surface area contributed by atoms with E-state index in [1.807, 2.05) is 0 Å². The number of benzene rings is 1. The van der Waals surface area contributed by atoms with Gasteiger partial charge in [0.25, 0.3) is 10.0 Å². The Morgan fingerprint density at radius 3 is 2.81 bits per heavy atom. The molecule has 0 amide bonds. The second kappa shape index (κ2) is 4.78. The Labute approximate surface area is 122 Å². The fraction of sp³-hybridized carbons (Fsp3) is 0.0714. The van der Waals surface area contributed by atoms with Gasteiger partial charge in [-0.3, -0.25) is 9.29 Å². The molecule has 21 heavy (non-hydrogen) atoms. The van der Waals surface area contributed by atoms with E-state index in [1.165, 1.54) is 23.7 Å². The monoisotopic (exact) mass is 302 g/mol. The Morgan fingerprint density at radius 2 is 2.10 bits per heavy atom. The molecule has 0 fully saturated rings. The lowest BCUT2D eigenvalue weighted by Gasteiger charge is -2.18. The van der Waals surface area contributed by atoms with Crippen molar-refractivity contribution in [2.75, 3.05) is 17.1 Å². The zero-order valence-electron chi connectivity index (χ0n) is 11.3. The Bertz CT molecular complexity index is 888. The van der Waals surface area contributed by atoms with Crippen molar-refractivity contribution in [2.45, 2.75) is 4.90 Å². The number of pyridine rings is 1. The molecule has 7 heteroatoms. The van der Waals surface area contributed by atoms with Crippen LogP contribution in [0.3, 0.4) is 0 Å². The van der Waals surface area contributed by atoms with Crippen molar-refractivity contribution in [1.29, 1.82) is 0 Å². The van der Waals surface area contributed by atoms with Crippen LogP contribution in [0.1, 0.15) is 0 Å². The topological polar surface area (TPSA) is 92.1 Å². The Morgan fingerprint density at radius 1 is 1.29 bits per heavy atom. The maximum atomic E-state index is 12.8. The van der Waals surface area contributed by atoms with E-state index in [1.54, 1.807) is 36.5 Å². The van der Waals surface area contributed by atoms with Crippen molar-refractivity contribution >= 4 is 32.3 Å². The number of nitrogen functional groups attached to an aromatic ring is 1. The molecular weight excluding hydrogens is 288 g/mol. The fourth-order valence-electron chi connectivity index (χ4n) is 2.15. The highest BCUT2D eigenvalue weighted by Crippen LogP contribution is 2.28. The molecule has 3 N–H and O–H groups in total.